The van der Waals surface area contributed by atoms with E-state index in [4.69, 9.17) is 5.41 Å². The van der Waals surface area contributed by atoms with E-state index in [0.29, 0.717) is 40.4 Å². The topological polar surface area (TPSA) is 96.7 Å². The van der Waals surface area contributed by atoms with E-state index < -0.39 is 11.5 Å². The number of rotatable bonds is 6. The Bertz CT molecular complexity index is 1280. The molecule has 1 amide bonds. The van der Waals surface area contributed by atoms with Gasteiger partial charge in [0, 0.05) is 35.2 Å². The van der Waals surface area contributed by atoms with Crippen LogP contribution in [0.4, 0.5) is 32.8 Å². The summed E-state index contributed by atoms with van der Waals surface area (Å²) in [6.07, 6.45) is 1.59. The third-order valence-electron chi connectivity index (χ3n) is 5.71. The van der Waals surface area contributed by atoms with Crippen molar-refractivity contribution in [2.75, 3.05) is 14.9 Å². The largest absolute Gasteiger partial charge is 0.478 e. The van der Waals surface area contributed by atoms with E-state index in [1.54, 1.807) is 43.0 Å². The highest BCUT2D eigenvalue weighted by atomic mass is 127. The summed E-state index contributed by atoms with van der Waals surface area (Å²) < 4.78 is 13.7. The maximum absolute atomic E-state index is 13.9. The molecular formula is C24H21FIN4O3P. The summed E-state index contributed by atoms with van der Waals surface area (Å²) in [4.78, 5) is 28.7. The van der Waals surface area contributed by atoms with Gasteiger partial charge in [0.15, 0.2) is 0 Å². The molecule has 0 bridgehead atoms. The van der Waals surface area contributed by atoms with Crippen LogP contribution in [0.5, 0.6) is 0 Å². The lowest BCUT2D eigenvalue weighted by molar-refractivity contribution is -0.122. The molecule has 1 aliphatic heterocycles. The lowest BCUT2D eigenvalue weighted by atomic mass is 9.92. The van der Waals surface area contributed by atoms with Crippen molar-refractivity contribution in [2.24, 2.45) is 0 Å². The van der Waals surface area contributed by atoms with Crippen LogP contribution in [-0.4, -0.2) is 28.7 Å². The fourth-order valence-corrected chi connectivity index (χ4v) is 5.26. The number of halogens is 2. The summed E-state index contributed by atoms with van der Waals surface area (Å²) >= 11 is 2.19. The molecule has 1 unspecified atom stereocenters. The summed E-state index contributed by atoms with van der Waals surface area (Å²) in [5, 5.41) is 20.4. The summed E-state index contributed by atoms with van der Waals surface area (Å²) in [7, 11) is 0. The van der Waals surface area contributed by atoms with Crippen LogP contribution in [-0.2, 0) is 4.79 Å². The van der Waals surface area contributed by atoms with E-state index in [-0.39, 0.29) is 17.3 Å². The first kappa shape index (κ1) is 24.1. The van der Waals surface area contributed by atoms with Gasteiger partial charge < -0.3 is 20.5 Å². The minimum absolute atomic E-state index is 0.119. The molecule has 174 valence electrons. The van der Waals surface area contributed by atoms with Gasteiger partial charge in [-0.3, -0.25) is 9.69 Å². The molecule has 3 aromatic carbocycles. The fraction of sp³-hybridized carbons (Fsp3) is 0.125. The Morgan fingerprint density at radius 2 is 1.71 bits per heavy atom. The van der Waals surface area contributed by atoms with Gasteiger partial charge in [-0.05, 0) is 96.6 Å². The number of carboxylic acids is 1. The molecule has 0 saturated heterocycles. The minimum Gasteiger partial charge on any atom is -0.478 e. The van der Waals surface area contributed by atoms with E-state index in [1.807, 2.05) is 17.0 Å². The Morgan fingerprint density at radius 3 is 2.26 bits per heavy atom. The molecule has 34 heavy (non-hydrogen) atoms. The predicted octanol–water partition coefficient (Wildman–Crippen LogP) is 6.47. The van der Waals surface area contributed by atoms with Gasteiger partial charge in [-0.15, -0.1) is 0 Å². The zero-order chi connectivity index (χ0) is 24.6. The van der Waals surface area contributed by atoms with Crippen LogP contribution in [0.15, 0.2) is 60.7 Å². The first-order valence-electron chi connectivity index (χ1n) is 10.2. The van der Waals surface area contributed by atoms with Gasteiger partial charge in [-0.25, -0.2) is 9.18 Å². The maximum atomic E-state index is 13.9. The zero-order valence-corrected chi connectivity index (χ0v) is 21.4. The molecule has 3 N–H and O–H groups in total. The van der Waals surface area contributed by atoms with E-state index in [2.05, 4.69) is 27.1 Å². The normalized spacial score (nSPS) is 14.9. The number of amides is 1. The molecule has 1 atom stereocenters. The van der Waals surface area contributed by atoms with Crippen LogP contribution < -0.4 is 14.9 Å². The standard InChI is InChI=1S/C24H21FIN4O3P/c1-24(2)23(33)29(17-7-3-14(4-8-17)22(31)32)20-12-19(28-34-26)15(13-27)11-21(20)30(24)18-9-5-16(25)6-10-18/h3-13,27-28,34H,1-2H3,(H,31,32). The van der Waals surface area contributed by atoms with Crippen LogP contribution in [0.3, 0.4) is 0 Å². The quantitative estimate of drug-likeness (QED) is 0.174. The number of benzene rings is 3. The predicted molar refractivity (Wildman–Crippen MR) is 143 cm³/mol. The second kappa shape index (κ2) is 9.31. The van der Waals surface area contributed by atoms with Crippen molar-refractivity contribution in [1.82, 2.24) is 0 Å². The minimum atomic E-state index is -1.07. The zero-order valence-electron chi connectivity index (χ0n) is 18.3. The average molecular weight is 590 g/mol. The van der Waals surface area contributed by atoms with Crippen LogP contribution in [0.2, 0.25) is 0 Å². The average Bonchev–Trinajstić information content (AvgIpc) is 2.81. The molecule has 0 aliphatic carbocycles. The maximum Gasteiger partial charge on any atom is 0.335 e. The molecular weight excluding hydrogens is 569 g/mol. The van der Waals surface area contributed by atoms with Gasteiger partial charge in [0.2, 0.25) is 0 Å². The Kier molecular flexibility index (Phi) is 6.60. The molecule has 0 fully saturated rings. The number of fused-ring (bicyclic) bond motifs is 1. The number of nitrogens with one attached hydrogen (secondary N) is 2. The third-order valence-corrected chi connectivity index (χ3v) is 6.88. The number of nitrogens with zero attached hydrogens (tertiary/aromatic N) is 2. The molecule has 0 radical (unpaired) electrons. The number of carbonyl (C=O) groups excluding carboxylic acids is 1. The Labute approximate surface area is 210 Å². The van der Waals surface area contributed by atoms with E-state index in [0.717, 1.165) is 0 Å². The van der Waals surface area contributed by atoms with Crippen molar-refractivity contribution in [3.05, 3.63) is 77.6 Å². The SMILES string of the molecule is CC1(C)C(=O)N(c2ccc(C(=O)O)cc2)c2cc(NPI)c(C=N)cc2N1c1ccc(F)cc1. The van der Waals surface area contributed by atoms with Crippen molar-refractivity contribution in [3.63, 3.8) is 0 Å². The van der Waals surface area contributed by atoms with Gasteiger partial charge in [-0.1, -0.05) is 0 Å². The molecule has 3 aromatic rings. The highest BCUT2D eigenvalue weighted by Gasteiger charge is 2.46. The molecule has 0 spiro atoms. The van der Waals surface area contributed by atoms with E-state index >= 15 is 0 Å². The summed E-state index contributed by atoms with van der Waals surface area (Å²) in [6.45, 7) is 3.56. The third kappa shape index (κ3) is 4.14. The Hall–Kier alpha value is -3.04. The Morgan fingerprint density at radius 1 is 1.09 bits per heavy atom. The van der Waals surface area contributed by atoms with Crippen molar-refractivity contribution in [1.29, 1.82) is 5.41 Å². The van der Waals surface area contributed by atoms with Gasteiger partial charge in [0.25, 0.3) is 5.91 Å². The number of carbonyl (C=O) groups is 2. The van der Waals surface area contributed by atoms with E-state index in [9.17, 15) is 19.1 Å². The Balaban J connectivity index is 1.99. The van der Waals surface area contributed by atoms with Crippen LogP contribution in [0.25, 0.3) is 0 Å². The van der Waals surface area contributed by atoms with Gasteiger partial charge in [-0.2, -0.15) is 0 Å². The summed E-state index contributed by atoms with van der Waals surface area (Å²) in [6, 6.07) is 15.7. The van der Waals surface area contributed by atoms with Crippen LogP contribution >= 0.6 is 28.4 Å². The lowest BCUT2D eigenvalue weighted by Gasteiger charge is -2.48. The molecule has 0 aromatic heterocycles. The summed E-state index contributed by atoms with van der Waals surface area (Å²) in [5.41, 5.74) is 2.77. The van der Waals surface area contributed by atoms with Gasteiger partial charge >= 0.3 is 5.97 Å². The molecule has 7 nitrogen and oxygen atoms in total. The number of aromatic carboxylic acids is 1. The number of carboxylic acid groups (broad SMARTS) is 1. The smallest absolute Gasteiger partial charge is 0.335 e. The number of hydrogen-bond acceptors (Lipinski definition) is 5. The highest BCUT2D eigenvalue weighted by Crippen LogP contribution is 2.49. The number of hydrogen-bond donors (Lipinski definition) is 3. The molecule has 1 heterocycles. The molecule has 0 saturated carbocycles. The van der Waals surface area contributed by atoms with E-state index in [1.165, 1.54) is 30.5 Å². The highest BCUT2D eigenvalue weighted by molar-refractivity contribution is 14.2. The summed E-state index contributed by atoms with van der Waals surface area (Å²) in [5.74, 6) is -1.67. The van der Waals surface area contributed by atoms with Crippen molar-refractivity contribution < 1.29 is 19.1 Å². The fourth-order valence-electron chi connectivity index (χ4n) is 4.07. The van der Waals surface area contributed by atoms with Crippen molar-refractivity contribution in [3.8, 4) is 0 Å². The molecule has 10 heteroatoms. The first-order chi connectivity index (χ1) is 16.2. The molecule has 4 rings (SSSR count). The van der Waals surface area contributed by atoms with Gasteiger partial charge in [0.05, 0.1) is 16.9 Å². The van der Waals surface area contributed by atoms with Crippen molar-refractivity contribution >= 4 is 74.9 Å². The second-order valence-electron chi connectivity index (χ2n) is 8.16. The van der Waals surface area contributed by atoms with Gasteiger partial charge in [0.1, 0.15) is 11.4 Å². The van der Waals surface area contributed by atoms with Crippen LogP contribution in [0.1, 0.15) is 29.8 Å². The molecule has 1 aliphatic rings. The monoisotopic (exact) mass is 590 g/mol. The lowest BCUT2D eigenvalue weighted by Crippen LogP contribution is -2.57. The van der Waals surface area contributed by atoms with Crippen LogP contribution in [0, 0.1) is 11.2 Å². The van der Waals surface area contributed by atoms with Crippen molar-refractivity contribution in [2.45, 2.75) is 19.4 Å². The second-order valence-corrected chi connectivity index (χ2v) is 10.2. The number of anilines is 5. The first-order valence-corrected chi connectivity index (χ1v) is 14.3.